The number of pyridine rings is 1. The number of rotatable bonds is 6. The highest BCUT2D eigenvalue weighted by Gasteiger charge is 2.31. The number of hydrogen-bond donors (Lipinski definition) is 2. The van der Waals surface area contributed by atoms with Gasteiger partial charge in [-0.1, -0.05) is 0 Å². The van der Waals surface area contributed by atoms with Gasteiger partial charge in [-0.25, -0.2) is 9.82 Å². The van der Waals surface area contributed by atoms with Crippen molar-refractivity contribution in [2.75, 3.05) is 45.2 Å². The lowest BCUT2D eigenvalue weighted by molar-refractivity contribution is 0.0953. The SMILES string of the molecule is COc1c(N2CCN(C)CC2)c(F)cc2c(=O)c(C(=O)N/N=C\c3ccc(O)cc3)cn(C3CC3)c12. The molecule has 1 amide bonds. The summed E-state index contributed by atoms with van der Waals surface area (Å²) in [5, 5.41) is 13.4. The van der Waals surface area contributed by atoms with Gasteiger partial charge in [-0.2, -0.15) is 5.10 Å². The second kappa shape index (κ2) is 9.62. The first-order valence-corrected chi connectivity index (χ1v) is 11.9. The number of nitrogens with zero attached hydrogens (tertiary/aromatic N) is 4. The van der Waals surface area contributed by atoms with Crippen molar-refractivity contribution in [3.8, 4) is 11.5 Å². The Morgan fingerprint density at radius 1 is 1.19 bits per heavy atom. The fraction of sp³-hybridized carbons (Fsp3) is 0.346. The standard InChI is InChI=1S/C26H28FN5O4/c1-30-9-11-31(12-10-30)23-21(27)13-19-22(25(23)36-2)32(17-5-6-17)15-20(24(19)34)26(35)29-28-14-16-3-7-18(33)8-4-16/h3-4,7-8,13-15,17,33H,5-6,9-12H2,1-2H3,(H,29,35)/b28-14-. The summed E-state index contributed by atoms with van der Waals surface area (Å²) < 4.78 is 23.1. The van der Waals surface area contributed by atoms with Crippen LogP contribution in [-0.2, 0) is 0 Å². The first kappa shape index (κ1) is 23.8. The van der Waals surface area contributed by atoms with Crippen LogP contribution in [0.4, 0.5) is 10.1 Å². The number of hydrogen-bond acceptors (Lipinski definition) is 7. The van der Waals surface area contributed by atoms with Gasteiger partial charge in [0.15, 0.2) is 11.6 Å². The van der Waals surface area contributed by atoms with E-state index < -0.39 is 17.2 Å². The van der Waals surface area contributed by atoms with Crippen molar-refractivity contribution in [3.05, 3.63) is 63.7 Å². The number of aromatic nitrogens is 1. The van der Waals surface area contributed by atoms with Crippen molar-refractivity contribution in [2.24, 2.45) is 5.10 Å². The lowest BCUT2D eigenvalue weighted by Crippen LogP contribution is -2.45. The van der Waals surface area contributed by atoms with Crippen LogP contribution in [0, 0.1) is 5.82 Å². The molecular formula is C26H28FN5O4. The zero-order chi connectivity index (χ0) is 25.4. The predicted octanol–water partition coefficient (Wildman–Crippen LogP) is 2.71. The molecule has 2 aromatic carbocycles. The number of methoxy groups -OCH3 is 1. The Hall–Kier alpha value is -3.92. The number of aromatic hydroxyl groups is 1. The topological polar surface area (TPSA) is 99.4 Å². The van der Waals surface area contributed by atoms with Crippen LogP contribution in [0.2, 0.25) is 0 Å². The third-order valence-electron chi connectivity index (χ3n) is 6.68. The van der Waals surface area contributed by atoms with Crippen molar-refractivity contribution in [2.45, 2.75) is 18.9 Å². The minimum absolute atomic E-state index is 0.0971. The first-order chi connectivity index (χ1) is 17.4. The van der Waals surface area contributed by atoms with Gasteiger partial charge < -0.3 is 24.2 Å². The minimum Gasteiger partial charge on any atom is -0.508 e. The number of likely N-dealkylation sites (N-methyl/N-ethyl adjacent to an activating group) is 1. The van der Waals surface area contributed by atoms with Crippen LogP contribution in [0.3, 0.4) is 0 Å². The van der Waals surface area contributed by atoms with Gasteiger partial charge in [-0.15, -0.1) is 0 Å². The molecular weight excluding hydrogens is 465 g/mol. The van der Waals surface area contributed by atoms with Crippen LogP contribution in [0.5, 0.6) is 11.5 Å². The molecule has 1 saturated carbocycles. The molecule has 9 nitrogen and oxygen atoms in total. The molecule has 0 unspecified atom stereocenters. The van der Waals surface area contributed by atoms with Crippen molar-refractivity contribution < 1.29 is 19.0 Å². The summed E-state index contributed by atoms with van der Waals surface area (Å²) in [5.41, 5.74) is 3.19. The van der Waals surface area contributed by atoms with Crippen molar-refractivity contribution in [3.63, 3.8) is 0 Å². The van der Waals surface area contributed by atoms with Crippen LogP contribution >= 0.6 is 0 Å². The maximum atomic E-state index is 15.5. The van der Waals surface area contributed by atoms with Gasteiger partial charge in [0, 0.05) is 38.4 Å². The summed E-state index contributed by atoms with van der Waals surface area (Å²) >= 11 is 0. The Bertz CT molecular complexity index is 1390. The number of hydrazone groups is 1. The fourth-order valence-electron chi connectivity index (χ4n) is 4.55. The van der Waals surface area contributed by atoms with E-state index in [9.17, 15) is 14.7 Å². The van der Waals surface area contributed by atoms with E-state index in [0.29, 0.717) is 35.6 Å². The highest BCUT2D eigenvalue weighted by molar-refractivity contribution is 6.00. The number of piperazine rings is 1. The largest absolute Gasteiger partial charge is 0.508 e. The average molecular weight is 494 g/mol. The molecule has 0 bridgehead atoms. The van der Waals surface area contributed by atoms with Gasteiger partial charge in [-0.05, 0) is 55.8 Å². The first-order valence-electron chi connectivity index (χ1n) is 11.9. The fourth-order valence-corrected chi connectivity index (χ4v) is 4.55. The lowest BCUT2D eigenvalue weighted by atomic mass is 10.1. The van der Waals surface area contributed by atoms with Gasteiger partial charge >= 0.3 is 0 Å². The third-order valence-corrected chi connectivity index (χ3v) is 6.68. The normalized spacial score (nSPS) is 16.6. The minimum atomic E-state index is -0.686. The van der Waals surface area contributed by atoms with Crippen LogP contribution in [0.15, 0.2) is 46.4 Å². The van der Waals surface area contributed by atoms with Crippen LogP contribution in [0.1, 0.15) is 34.8 Å². The molecule has 36 heavy (non-hydrogen) atoms. The van der Waals surface area contributed by atoms with E-state index in [1.807, 2.05) is 16.5 Å². The maximum absolute atomic E-state index is 15.5. The van der Waals surface area contributed by atoms with Crippen molar-refractivity contribution >= 4 is 28.7 Å². The predicted molar refractivity (Wildman–Crippen MR) is 136 cm³/mol. The number of fused-ring (bicyclic) bond motifs is 1. The monoisotopic (exact) mass is 493 g/mol. The maximum Gasteiger partial charge on any atom is 0.276 e. The van der Waals surface area contributed by atoms with E-state index in [0.717, 1.165) is 25.9 Å². The number of benzene rings is 2. The third kappa shape index (κ3) is 4.51. The Morgan fingerprint density at radius 2 is 1.89 bits per heavy atom. The molecule has 0 spiro atoms. The van der Waals surface area contributed by atoms with E-state index in [1.165, 1.54) is 37.7 Å². The molecule has 1 aromatic heterocycles. The zero-order valence-electron chi connectivity index (χ0n) is 20.2. The highest BCUT2D eigenvalue weighted by Crippen LogP contribution is 2.43. The number of carbonyl (C=O) groups is 1. The Balaban J connectivity index is 1.55. The van der Waals surface area contributed by atoms with Gasteiger partial charge in [-0.3, -0.25) is 9.59 Å². The number of phenols is 1. The average Bonchev–Trinajstić information content (AvgIpc) is 3.71. The second-order valence-electron chi connectivity index (χ2n) is 9.23. The molecule has 10 heteroatoms. The van der Waals surface area contributed by atoms with Gasteiger partial charge in [0.1, 0.15) is 17.0 Å². The molecule has 5 rings (SSSR count). The molecule has 0 atom stereocenters. The van der Waals surface area contributed by atoms with Crippen molar-refractivity contribution in [1.82, 2.24) is 14.9 Å². The Labute approximate surface area is 207 Å². The quantitative estimate of drug-likeness (QED) is 0.405. The number of anilines is 1. The van der Waals surface area contributed by atoms with E-state index >= 15 is 4.39 Å². The molecule has 2 aliphatic rings. The smallest absolute Gasteiger partial charge is 0.276 e. The van der Waals surface area contributed by atoms with Gasteiger partial charge in [0.2, 0.25) is 5.43 Å². The molecule has 0 radical (unpaired) electrons. The molecule has 188 valence electrons. The zero-order valence-corrected chi connectivity index (χ0v) is 20.2. The highest BCUT2D eigenvalue weighted by atomic mass is 19.1. The number of carbonyl (C=O) groups excluding carboxylic acids is 1. The molecule has 1 aliphatic heterocycles. The lowest BCUT2D eigenvalue weighted by Gasteiger charge is -2.35. The van der Waals surface area contributed by atoms with E-state index in [-0.39, 0.29) is 22.7 Å². The molecule has 2 fully saturated rings. The van der Waals surface area contributed by atoms with Crippen LogP contribution in [-0.4, -0.2) is 67.0 Å². The van der Waals surface area contributed by atoms with Gasteiger partial charge in [0.25, 0.3) is 5.91 Å². The summed E-state index contributed by atoms with van der Waals surface area (Å²) in [6.07, 6.45) is 4.72. The summed E-state index contributed by atoms with van der Waals surface area (Å²) in [4.78, 5) is 30.4. The number of nitrogens with one attached hydrogen (secondary N) is 1. The molecule has 2 heterocycles. The number of halogens is 1. The van der Waals surface area contributed by atoms with Gasteiger partial charge in [0.05, 0.1) is 24.2 Å². The molecule has 3 aromatic rings. The summed E-state index contributed by atoms with van der Waals surface area (Å²) in [6.45, 7) is 2.87. The molecule has 1 saturated heterocycles. The van der Waals surface area contributed by atoms with Crippen LogP contribution in [0.25, 0.3) is 10.9 Å². The summed E-state index contributed by atoms with van der Waals surface area (Å²) in [5.74, 6) is -0.803. The Kier molecular flexibility index (Phi) is 6.36. The summed E-state index contributed by atoms with van der Waals surface area (Å²) in [6, 6.07) is 7.59. The molecule has 2 N–H and O–H groups in total. The van der Waals surface area contributed by atoms with E-state index in [1.54, 1.807) is 12.1 Å². The number of amides is 1. The summed E-state index contributed by atoms with van der Waals surface area (Å²) in [7, 11) is 3.51. The van der Waals surface area contributed by atoms with Crippen molar-refractivity contribution in [1.29, 1.82) is 0 Å². The Morgan fingerprint density at radius 3 is 2.53 bits per heavy atom. The molecule has 1 aliphatic carbocycles. The number of ether oxygens (including phenoxy) is 1. The number of phenolic OH excluding ortho intramolecular Hbond substituents is 1. The van der Waals surface area contributed by atoms with Crippen LogP contribution < -0.4 is 20.5 Å². The van der Waals surface area contributed by atoms with E-state index in [4.69, 9.17) is 4.74 Å². The van der Waals surface area contributed by atoms with E-state index in [2.05, 4.69) is 15.4 Å². The second-order valence-corrected chi connectivity index (χ2v) is 9.23.